The summed E-state index contributed by atoms with van der Waals surface area (Å²) in [4.78, 5) is 34.3. The number of anilines is 1. The lowest BCUT2D eigenvalue weighted by Crippen LogP contribution is -2.25. The van der Waals surface area contributed by atoms with E-state index in [1.807, 2.05) is 31.2 Å². The highest BCUT2D eigenvalue weighted by Gasteiger charge is 2.18. The van der Waals surface area contributed by atoms with Gasteiger partial charge in [0.25, 0.3) is 11.5 Å². The largest absolute Gasteiger partial charge is 0.497 e. The summed E-state index contributed by atoms with van der Waals surface area (Å²) in [6.45, 7) is 5.62. The van der Waals surface area contributed by atoms with Crippen molar-refractivity contribution >= 4 is 28.3 Å². The van der Waals surface area contributed by atoms with Crippen molar-refractivity contribution in [3.8, 4) is 17.2 Å². The second-order valence-corrected chi connectivity index (χ2v) is 7.68. The minimum atomic E-state index is -0.570. The van der Waals surface area contributed by atoms with E-state index in [1.54, 1.807) is 56.8 Å². The van der Waals surface area contributed by atoms with Gasteiger partial charge in [-0.25, -0.2) is 9.67 Å². The molecule has 0 saturated carbocycles. The summed E-state index contributed by atoms with van der Waals surface area (Å²) < 4.78 is 14.1. The first kappa shape index (κ1) is 24.2. The van der Waals surface area contributed by atoms with Gasteiger partial charge in [0.1, 0.15) is 28.6 Å². The van der Waals surface area contributed by atoms with Gasteiger partial charge in [0.2, 0.25) is 0 Å². The molecule has 9 nitrogen and oxygen atoms in total. The smallest absolute Gasteiger partial charge is 0.284 e. The van der Waals surface area contributed by atoms with Gasteiger partial charge in [-0.15, -0.1) is 0 Å². The molecule has 4 rings (SSSR count). The zero-order valence-electron chi connectivity index (χ0n) is 20.1. The van der Waals surface area contributed by atoms with Crippen LogP contribution in [-0.2, 0) is 7.05 Å². The van der Waals surface area contributed by atoms with E-state index in [4.69, 9.17) is 9.47 Å². The fourth-order valence-electron chi connectivity index (χ4n) is 3.58. The number of nitrogens with zero attached hydrogens (tertiary/aromatic N) is 4. The summed E-state index contributed by atoms with van der Waals surface area (Å²) in [5.74, 6) is 1.49. The first-order valence-corrected chi connectivity index (χ1v) is 11.1. The van der Waals surface area contributed by atoms with E-state index in [0.29, 0.717) is 22.9 Å². The van der Waals surface area contributed by atoms with E-state index in [-0.39, 0.29) is 11.4 Å². The van der Waals surface area contributed by atoms with Crippen LogP contribution in [-0.4, -0.2) is 32.3 Å². The van der Waals surface area contributed by atoms with Crippen LogP contribution in [0.15, 0.2) is 90.7 Å². The van der Waals surface area contributed by atoms with Crippen LogP contribution in [0.5, 0.6) is 17.2 Å². The van der Waals surface area contributed by atoms with Gasteiger partial charge < -0.3 is 14.8 Å². The Bertz CT molecular complexity index is 1540. The number of allylic oxidation sites excluding steroid dienone is 5. The molecule has 0 radical (unpaired) electrons. The number of hydrogen-bond acceptors (Lipinski definition) is 6. The van der Waals surface area contributed by atoms with Gasteiger partial charge in [-0.1, -0.05) is 18.7 Å². The summed E-state index contributed by atoms with van der Waals surface area (Å²) in [6, 6.07) is 10.6. The van der Waals surface area contributed by atoms with Gasteiger partial charge in [-0.2, -0.15) is 0 Å². The molecule has 0 spiro atoms. The van der Waals surface area contributed by atoms with Crippen molar-refractivity contribution in [2.75, 3.05) is 12.4 Å². The highest BCUT2D eigenvalue weighted by Crippen LogP contribution is 2.30. The Balaban J connectivity index is 1.51. The van der Waals surface area contributed by atoms with Crippen molar-refractivity contribution in [3.05, 3.63) is 102 Å². The molecular formula is C27H25N5O4. The minimum absolute atomic E-state index is 0.0217. The number of aromatic nitrogens is 4. The van der Waals surface area contributed by atoms with Gasteiger partial charge >= 0.3 is 0 Å². The summed E-state index contributed by atoms with van der Waals surface area (Å²) in [7, 11) is 3.27. The molecule has 4 aromatic rings. The molecule has 0 aliphatic rings. The molecule has 0 aliphatic carbocycles. The first-order chi connectivity index (χ1) is 17.4. The van der Waals surface area contributed by atoms with E-state index in [2.05, 4.69) is 21.9 Å². The van der Waals surface area contributed by atoms with Gasteiger partial charge in [0.05, 0.1) is 24.5 Å². The molecule has 1 aromatic carbocycles. The number of carbonyl (C=O) groups is 1. The highest BCUT2D eigenvalue weighted by molar-refractivity contribution is 6.03. The normalized spacial score (nSPS) is 11.6. The van der Waals surface area contributed by atoms with Crippen LogP contribution in [0.2, 0.25) is 0 Å². The van der Waals surface area contributed by atoms with Crippen molar-refractivity contribution < 1.29 is 14.3 Å². The average Bonchev–Trinajstić information content (AvgIpc) is 3.19. The zero-order valence-corrected chi connectivity index (χ0v) is 20.1. The lowest BCUT2D eigenvalue weighted by molar-refractivity contribution is 0.102. The summed E-state index contributed by atoms with van der Waals surface area (Å²) >= 11 is 0. The lowest BCUT2D eigenvalue weighted by atomic mass is 10.2. The number of nitrogens with one attached hydrogen (secondary N) is 1. The monoisotopic (exact) mass is 483 g/mol. The Morgan fingerprint density at radius 1 is 1.14 bits per heavy atom. The maximum atomic E-state index is 12.9. The fourth-order valence-corrected chi connectivity index (χ4v) is 3.58. The van der Waals surface area contributed by atoms with Crippen LogP contribution in [0.4, 0.5) is 5.82 Å². The number of pyridine rings is 2. The van der Waals surface area contributed by atoms with Gasteiger partial charge in [-0.05, 0) is 49.4 Å². The first-order valence-electron chi connectivity index (χ1n) is 11.1. The van der Waals surface area contributed by atoms with Crippen molar-refractivity contribution in [2.24, 2.45) is 7.05 Å². The number of rotatable bonds is 8. The molecule has 0 unspecified atom stereocenters. The number of methoxy groups -OCH3 is 1. The fraction of sp³-hybridized carbons (Fsp3) is 0.111. The number of aryl methyl sites for hydroxylation is 1. The molecule has 0 bridgehead atoms. The Labute approximate surface area is 207 Å². The number of benzene rings is 1. The van der Waals surface area contributed by atoms with Crippen molar-refractivity contribution in [1.29, 1.82) is 0 Å². The number of ether oxygens (including phenoxy) is 2. The van der Waals surface area contributed by atoms with Crippen molar-refractivity contribution in [2.45, 2.75) is 6.92 Å². The second-order valence-electron chi connectivity index (χ2n) is 7.68. The van der Waals surface area contributed by atoms with Gasteiger partial charge in [0.15, 0.2) is 0 Å². The van der Waals surface area contributed by atoms with E-state index < -0.39 is 11.5 Å². The minimum Gasteiger partial charge on any atom is -0.497 e. The third-order valence-corrected chi connectivity index (χ3v) is 5.33. The number of fused-ring (bicyclic) bond motifs is 1. The van der Waals surface area contributed by atoms with E-state index in [0.717, 1.165) is 10.9 Å². The van der Waals surface area contributed by atoms with Gasteiger partial charge in [0, 0.05) is 30.9 Å². The molecule has 0 saturated heterocycles. The third-order valence-electron chi connectivity index (χ3n) is 5.33. The summed E-state index contributed by atoms with van der Waals surface area (Å²) in [5.41, 5.74) is 0.789. The Hall–Kier alpha value is -4.92. The molecule has 36 heavy (non-hydrogen) atoms. The predicted octanol–water partition coefficient (Wildman–Crippen LogP) is 4.79. The summed E-state index contributed by atoms with van der Waals surface area (Å²) in [6.07, 6.45) is 11.5. The zero-order chi connectivity index (χ0) is 25.7. The van der Waals surface area contributed by atoms with E-state index in [9.17, 15) is 9.59 Å². The second kappa shape index (κ2) is 10.6. The molecule has 9 heteroatoms. The number of amides is 1. The number of hydrogen-bond donors (Lipinski definition) is 1. The van der Waals surface area contributed by atoms with Crippen LogP contribution in [0.1, 0.15) is 17.3 Å². The SMILES string of the molecule is C=C/C(=C\C=C/C)n1c(=O)c(C(=O)Nc2ccc(Oc3ccnc4cc(OC)ccc34)cn2)cn1C. The molecular weight excluding hydrogens is 458 g/mol. The topological polar surface area (TPSA) is 100 Å². The van der Waals surface area contributed by atoms with Crippen molar-refractivity contribution in [1.82, 2.24) is 19.3 Å². The molecule has 1 N–H and O–H groups in total. The Morgan fingerprint density at radius 3 is 2.64 bits per heavy atom. The molecule has 1 amide bonds. The third kappa shape index (κ3) is 4.95. The quantitative estimate of drug-likeness (QED) is 0.362. The standard InChI is InChI=1S/C27H25N5O4/c1-5-7-8-18(6-2)32-27(34)22(17-31(32)3)26(33)30-25-12-10-20(16-29-25)36-24-13-14-28-23-15-19(35-4)9-11-21(23)24/h5-17H,2H2,1,3-4H3,(H,29,30,33)/b7-5-,18-8+. The molecule has 0 fully saturated rings. The Kier molecular flexibility index (Phi) is 7.10. The van der Waals surface area contributed by atoms with Crippen molar-refractivity contribution in [3.63, 3.8) is 0 Å². The highest BCUT2D eigenvalue weighted by atomic mass is 16.5. The van der Waals surface area contributed by atoms with Crippen LogP contribution in [0.25, 0.3) is 16.6 Å². The predicted molar refractivity (Wildman–Crippen MR) is 140 cm³/mol. The number of carbonyl (C=O) groups excluding carboxylic acids is 1. The molecule has 0 atom stereocenters. The van der Waals surface area contributed by atoms with E-state index >= 15 is 0 Å². The Morgan fingerprint density at radius 2 is 1.94 bits per heavy atom. The summed E-state index contributed by atoms with van der Waals surface area (Å²) in [5, 5.41) is 3.48. The van der Waals surface area contributed by atoms with E-state index in [1.165, 1.54) is 21.8 Å². The maximum absolute atomic E-state index is 12.9. The van der Waals surface area contributed by atoms with Crippen LogP contribution >= 0.6 is 0 Å². The molecule has 3 aromatic heterocycles. The molecule has 182 valence electrons. The maximum Gasteiger partial charge on any atom is 0.284 e. The van der Waals surface area contributed by atoms with Gasteiger partial charge in [-0.3, -0.25) is 19.3 Å². The molecule has 0 aliphatic heterocycles. The van der Waals surface area contributed by atoms with Crippen LogP contribution < -0.4 is 20.3 Å². The average molecular weight is 484 g/mol. The van der Waals surface area contributed by atoms with Crippen LogP contribution in [0, 0.1) is 0 Å². The van der Waals surface area contributed by atoms with Crippen LogP contribution in [0.3, 0.4) is 0 Å². The molecule has 3 heterocycles. The lowest BCUT2D eigenvalue weighted by Gasteiger charge is -2.10.